The van der Waals surface area contributed by atoms with Crippen LogP contribution in [-0.2, 0) is 10.0 Å². The minimum Gasteiger partial charge on any atom is -0.399 e. The van der Waals surface area contributed by atoms with Crippen LogP contribution in [0.3, 0.4) is 0 Å². The number of rotatable bonds is 4. The van der Waals surface area contributed by atoms with Gasteiger partial charge in [0.25, 0.3) is 0 Å². The predicted molar refractivity (Wildman–Crippen MR) is 74.1 cm³/mol. The zero-order valence-corrected chi connectivity index (χ0v) is 11.8. The van der Waals surface area contributed by atoms with Gasteiger partial charge in [0, 0.05) is 12.2 Å². The Morgan fingerprint density at radius 1 is 1.42 bits per heavy atom. The van der Waals surface area contributed by atoms with E-state index < -0.39 is 16.1 Å². The normalized spacial score (nSPS) is 23.7. The van der Waals surface area contributed by atoms with Gasteiger partial charge >= 0.3 is 0 Å². The van der Waals surface area contributed by atoms with Crippen LogP contribution in [0.1, 0.15) is 24.8 Å². The number of nitrogens with one attached hydrogen (secondary N) is 1. The molecular formula is C13H20N2O3S. The molecule has 106 valence electrons. The first kappa shape index (κ1) is 14.3. The maximum Gasteiger partial charge on any atom is 0.240 e. The van der Waals surface area contributed by atoms with Crippen LogP contribution in [0.4, 0.5) is 5.69 Å². The van der Waals surface area contributed by atoms with Crippen LogP contribution in [0.15, 0.2) is 23.1 Å². The second-order valence-electron chi connectivity index (χ2n) is 5.14. The highest BCUT2D eigenvalue weighted by atomic mass is 32.2. The van der Waals surface area contributed by atoms with Crippen molar-refractivity contribution in [1.82, 2.24) is 4.72 Å². The van der Waals surface area contributed by atoms with Crippen molar-refractivity contribution in [2.75, 3.05) is 12.3 Å². The number of nitrogens with two attached hydrogens (primary N) is 1. The first-order chi connectivity index (χ1) is 8.90. The maximum absolute atomic E-state index is 12.2. The Hall–Kier alpha value is -1.11. The molecular weight excluding hydrogens is 264 g/mol. The molecule has 2 atom stereocenters. The Morgan fingerprint density at radius 3 is 2.79 bits per heavy atom. The smallest absolute Gasteiger partial charge is 0.240 e. The van der Waals surface area contributed by atoms with Gasteiger partial charge in [-0.15, -0.1) is 0 Å². The molecule has 1 fully saturated rings. The molecule has 5 nitrogen and oxygen atoms in total. The zero-order chi connectivity index (χ0) is 14.0. The van der Waals surface area contributed by atoms with Gasteiger partial charge in [0.2, 0.25) is 10.0 Å². The molecule has 1 aromatic carbocycles. The van der Waals surface area contributed by atoms with Gasteiger partial charge < -0.3 is 10.8 Å². The molecule has 0 heterocycles. The molecule has 0 saturated heterocycles. The number of sulfonamides is 1. The zero-order valence-electron chi connectivity index (χ0n) is 11.0. The van der Waals surface area contributed by atoms with Gasteiger partial charge in [0.1, 0.15) is 0 Å². The third-order valence-corrected chi connectivity index (χ3v) is 5.22. The molecule has 1 aromatic rings. The van der Waals surface area contributed by atoms with E-state index in [1.165, 1.54) is 6.07 Å². The van der Waals surface area contributed by atoms with Crippen molar-refractivity contribution < 1.29 is 13.5 Å². The lowest BCUT2D eigenvalue weighted by Crippen LogP contribution is -2.32. The molecule has 4 N–H and O–H groups in total. The van der Waals surface area contributed by atoms with Gasteiger partial charge in [-0.2, -0.15) is 0 Å². The summed E-state index contributed by atoms with van der Waals surface area (Å²) in [7, 11) is -3.57. The largest absolute Gasteiger partial charge is 0.399 e. The van der Waals surface area contributed by atoms with E-state index in [4.69, 9.17) is 5.73 Å². The summed E-state index contributed by atoms with van der Waals surface area (Å²) in [6.45, 7) is 2.01. The third-order valence-electron chi connectivity index (χ3n) is 3.66. The summed E-state index contributed by atoms with van der Waals surface area (Å²) in [5, 5.41) is 9.70. The van der Waals surface area contributed by atoms with Crippen LogP contribution in [0.5, 0.6) is 0 Å². The number of hydrogen-bond donors (Lipinski definition) is 3. The standard InChI is InChI=1S/C13H20N2O3S/c1-9-5-6-11(14)7-13(9)19(17,18)15-8-10-3-2-4-12(10)16/h5-7,10,12,15-16H,2-4,8,14H2,1H3. The number of benzene rings is 1. The van der Waals surface area contributed by atoms with E-state index in [9.17, 15) is 13.5 Å². The average Bonchev–Trinajstić information content (AvgIpc) is 2.75. The monoisotopic (exact) mass is 284 g/mol. The van der Waals surface area contributed by atoms with Gasteiger partial charge in [-0.25, -0.2) is 13.1 Å². The minimum atomic E-state index is -3.57. The van der Waals surface area contributed by atoms with Crippen molar-refractivity contribution in [3.05, 3.63) is 23.8 Å². The van der Waals surface area contributed by atoms with Crippen molar-refractivity contribution in [1.29, 1.82) is 0 Å². The van der Waals surface area contributed by atoms with Gasteiger partial charge in [0.15, 0.2) is 0 Å². The number of hydrogen-bond acceptors (Lipinski definition) is 4. The minimum absolute atomic E-state index is 0.0103. The summed E-state index contributed by atoms with van der Waals surface area (Å²) < 4.78 is 27.0. The molecule has 2 unspecified atom stereocenters. The average molecular weight is 284 g/mol. The second kappa shape index (κ2) is 5.48. The molecule has 0 radical (unpaired) electrons. The van der Waals surface area contributed by atoms with Gasteiger partial charge in [-0.3, -0.25) is 0 Å². The van der Waals surface area contributed by atoms with Crippen molar-refractivity contribution in [3.8, 4) is 0 Å². The predicted octanol–water partition coefficient (Wildman–Crippen LogP) is 1.02. The molecule has 6 heteroatoms. The molecule has 2 rings (SSSR count). The third kappa shape index (κ3) is 3.26. The van der Waals surface area contributed by atoms with E-state index in [1.807, 2.05) is 0 Å². The number of aliphatic hydroxyl groups is 1. The Kier molecular flexibility index (Phi) is 4.13. The van der Waals surface area contributed by atoms with Crippen LogP contribution in [-0.4, -0.2) is 26.2 Å². The van der Waals surface area contributed by atoms with Crippen LogP contribution in [0.25, 0.3) is 0 Å². The lowest BCUT2D eigenvalue weighted by atomic mass is 10.1. The van der Waals surface area contributed by atoms with E-state index >= 15 is 0 Å². The van der Waals surface area contributed by atoms with E-state index in [0.717, 1.165) is 19.3 Å². The molecule has 0 aliphatic heterocycles. The fourth-order valence-electron chi connectivity index (χ4n) is 2.46. The summed E-state index contributed by atoms with van der Waals surface area (Å²) in [6.07, 6.45) is 2.17. The second-order valence-corrected chi connectivity index (χ2v) is 6.87. The van der Waals surface area contributed by atoms with E-state index in [0.29, 0.717) is 11.3 Å². The van der Waals surface area contributed by atoms with Gasteiger partial charge in [-0.1, -0.05) is 12.5 Å². The Balaban J connectivity index is 2.12. The molecule has 0 aromatic heterocycles. The summed E-state index contributed by atoms with van der Waals surface area (Å²) in [6, 6.07) is 4.83. The highest BCUT2D eigenvalue weighted by Crippen LogP contribution is 2.25. The number of aryl methyl sites for hydroxylation is 1. The van der Waals surface area contributed by atoms with Crippen molar-refractivity contribution >= 4 is 15.7 Å². The Bertz CT molecular complexity index is 557. The van der Waals surface area contributed by atoms with E-state index in [2.05, 4.69) is 4.72 Å². The van der Waals surface area contributed by atoms with Crippen LogP contribution >= 0.6 is 0 Å². The van der Waals surface area contributed by atoms with Crippen molar-refractivity contribution in [3.63, 3.8) is 0 Å². The lowest BCUT2D eigenvalue weighted by molar-refractivity contribution is 0.134. The molecule has 19 heavy (non-hydrogen) atoms. The topological polar surface area (TPSA) is 92.4 Å². The fourth-order valence-corrected chi connectivity index (χ4v) is 3.83. The summed E-state index contributed by atoms with van der Waals surface area (Å²) in [5.41, 5.74) is 6.72. The van der Waals surface area contributed by atoms with Crippen molar-refractivity contribution in [2.45, 2.75) is 37.2 Å². The first-order valence-electron chi connectivity index (χ1n) is 6.44. The molecule has 1 aliphatic rings. The van der Waals surface area contributed by atoms with Crippen LogP contribution < -0.4 is 10.5 Å². The van der Waals surface area contributed by atoms with Crippen LogP contribution in [0, 0.1) is 12.8 Å². The maximum atomic E-state index is 12.2. The molecule has 0 bridgehead atoms. The highest BCUT2D eigenvalue weighted by Gasteiger charge is 2.27. The number of anilines is 1. The summed E-state index contributed by atoms with van der Waals surface area (Å²) >= 11 is 0. The number of aliphatic hydroxyl groups excluding tert-OH is 1. The Morgan fingerprint density at radius 2 is 2.16 bits per heavy atom. The first-order valence-corrected chi connectivity index (χ1v) is 7.92. The summed E-state index contributed by atoms with van der Waals surface area (Å²) in [4.78, 5) is 0.208. The van der Waals surface area contributed by atoms with Crippen LogP contribution in [0.2, 0.25) is 0 Å². The molecule has 1 aliphatic carbocycles. The lowest BCUT2D eigenvalue weighted by Gasteiger charge is -2.16. The SMILES string of the molecule is Cc1ccc(N)cc1S(=O)(=O)NCC1CCCC1O. The van der Waals surface area contributed by atoms with E-state index in [-0.39, 0.29) is 17.4 Å². The molecule has 0 amide bonds. The fraction of sp³-hybridized carbons (Fsp3) is 0.538. The Labute approximate surface area is 113 Å². The highest BCUT2D eigenvalue weighted by molar-refractivity contribution is 7.89. The number of nitrogen functional groups attached to an aromatic ring is 1. The molecule has 0 spiro atoms. The van der Waals surface area contributed by atoms with E-state index in [1.54, 1.807) is 19.1 Å². The van der Waals surface area contributed by atoms with Gasteiger partial charge in [0.05, 0.1) is 11.0 Å². The summed E-state index contributed by atoms with van der Waals surface area (Å²) in [5.74, 6) is 0.0103. The van der Waals surface area contributed by atoms with Gasteiger partial charge in [-0.05, 0) is 43.4 Å². The molecule has 1 saturated carbocycles. The quantitative estimate of drug-likeness (QED) is 0.720. The van der Waals surface area contributed by atoms with Crippen molar-refractivity contribution in [2.24, 2.45) is 5.92 Å².